The molecule has 2 nitrogen and oxygen atoms in total. The van der Waals surface area contributed by atoms with E-state index in [-0.39, 0.29) is 6.04 Å². The van der Waals surface area contributed by atoms with Crippen LogP contribution in [0, 0.1) is 11.8 Å². The Bertz CT molecular complexity index is 692. The predicted octanol–water partition coefficient (Wildman–Crippen LogP) is 3.58. The van der Waals surface area contributed by atoms with Crippen molar-refractivity contribution in [2.75, 3.05) is 6.61 Å². The van der Waals surface area contributed by atoms with Crippen LogP contribution in [-0.4, -0.2) is 12.5 Å². The molecule has 0 radical (unpaired) electrons. The molecule has 0 N–H and O–H groups in total. The lowest BCUT2D eigenvalue weighted by molar-refractivity contribution is 0.320. The molecule has 1 atom stereocenters. The number of hydrogen-bond acceptors (Lipinski definition) is 2. The summed E-state index contributed by atoms with van der Waals surface area (Å²) in [5.41, 5.74) is 3.16. The highest BCUT2D eigenvalue weighted by atomic mass is 16.5. The molecule has 2 heteroatoms. The van der Waals surface area contributed by atoms with Gasteiger partial charge in [-0.05, 0) is 30.7 Å². The maximum atomic E-state index is 5.74. The smallest absolute Gasteiger partial charge is 0.216 e. The molecule has 0 spiro atoms. The molecule has 1 aliphatic heterocycles. The van der Waals surface area contributed by atoms with Crippen molar-refractivity contribution in [2.45, 2.75) is 13.0 Å². The number of nitrogens with zero attached hydrogens (tertiary/aromatic N) is 1. The van der Waals surface area contributed by atoms with Crippen molar-refractivity contribution in [3.63, 3.8) is 0 Å². The van der Waals surface area contributed by atoms with E-state index in [2.05, 4.69) is 29.0 Å². The fraction of sp³-hybridized carbons (Fsp3) is 0.167. The maximum absolute atomic E-state index is 5.74. The third-order valence-corrected chi connectivity index (χ3v) is 3.21. The van der Waals surface area contributed by atoms with Gasteiger partial charge >= 0.3 is 0 Å². The fourth-order valence-corrected chi connectivity index (χ4v) is 2.25. The average Bonchev–Trinajstić information content (AvgIpc) is 2.99. The summed E-state index contributed by atoms with van der Waals surface area (Å²) in [5.74, 6) is 6.67. The van der Waals surface area contributed by atoms with Crippen LogP contribution in [0.15, 0.2) is 59.6 Å². The quantitative estimate of drug-likeness (QED) is 0.757. The normalized spacial score (nSPS) is 16.9. The van der Waals surface area contributed by atoms with Gasteiger partial charge in [0, 0.05) is 11.1 Å². The number of rotatable bonds is 2. The topological polar surface area (TPSA) is 21.6 Å². The van der Waals surface area contributed by atoms with Crippen LogP contribution in [0.4, 0.5) is 0 Å². The molecule has 2 aromatic carbocycles. The van der Waals surface area contributed by atoms with Gasteiger partial charge in [-0.3, -0.25) is 0 Å². The van der Waals surface area contributed by atoms with Crippen LogP contribution >= 0.6 is 0 Å². The van der Waals surface area contributed by atoms with Crippen molar-refractivity contribution < 1.29 is 4.74 Å². The number of aliphatic imine (C=N–C) groups is 1. The molecule has 0 bridgehead atoms. The first-order valence-electron chi connectivity index (χ1n) is 6.65. The Morgan fingerprint density at radius 1 is 1.10 bits per heavy atom. The summed E-state index contributed by atoms with van der Waals surface area (Å²) in [6.07, 6.45) is 0. The van der Waals surface area contributed by atoms with Gasteiger partial charge in [-0.25, -0.2) is 4.99 Å². The van der Waals surface area contributed by atoms with Gasteiger partial charge in [0.25, 0.3) is 0 Å². The molecule has 0 aliphatic carbocycles. The van der Waals surface area contributed by atoms with Crippen LogP contribution in [0.2, 0.25) is 0 Å². The Morgan fingerprint density at radius 3 is 2.75 bits per heavy atom. The van der Waals surface area contributed by atoms with E-state index in [1.807, 2.05) is 49.4 Å². The summed E-state index contributed by atoms with van der Waals surface area (Å²) < 4.78 is 5.74. The molecule has 0 saturated heterocycles. The highest BCUT2D eigenvalue weighted by molar-refractivity contribution is 5.95. The minimum atomic E-state index is 0.0899. The van der Waals surface area contributed by atoms with Crippen LogP contribution < -0.4 is 0 Å². The van der Waals surface area contributed by atoms with Gasteiger partial charge in [0.15, 0.2) is 0 Å². The minimum absolute atomic E-state index is 0.0899. The van der Waals surface area contributed by atoms with E-state index in [9.17, 15) is 0 Å². The second-order valence-corrected chi connectivity index (χ2v) is 4.63. The molecular formula is C18H15NO. The second-order valence-electron chi connectivity index (χ2n) is 4.63. The standard InChI is InChI=1S/C18H15NO/c1-2-7-14-8-6-11-16(12-14)18-19-17(13-20-18)15-9-4-3-5-10-15/h3-6,8-12,17H,13H2,1H3/t17-/m0/s1. The van der Waals surface area contributed by atoms with Crippen LogP contribution in [0.1, 0.15) is 29.7 Å². The van der Waals surface area contributed by atoms with Crippen molar-refractivity contribution >= 4 is 5.90 Å². The molecule has 98 valence electrons. The fourth-order valence-electron chi connectivity index (χ4n) is 2.25. The molecule has 3 rings (SSSR count). The minimum Gasteiger partial charge on any atom is -0.475 e. The number of hydrogen-bond donors (Lipinski definition) is 0. The van der Waals surface area contributed by atoms with E-state index < -0.39 is 0 Å². The Kier molecular flexibility index (Phi) is 3.52. The SMILES string of the molecule is CC#Cc1cccc(C2=N[C@H](c3ccccc3)CO2)c1. The lowest BCUT2D eigenvalue weighted by Gasteiger charge is -2.03. The first-order valence-corrected chi connectivity index (χ1v) is 6.65. The predicted molar refractivity (Wildman–Crippen MR) is 80.7 cm³/mol. The zero-order valence-electron chi connectivity index (χ0n) is 11.3. The Labute approximate surface area is 119 Å². The van der Waals surface area contributed by atoms with Crippen LogP contribution in [-0.2, 0) is 4.74 Å². The van der Waals surface area contributed by atoms with Crippen molar-refractivity contribution in [1.29, 1.82) is 0 Å². The molecular weight excluding hydrogens is 246 g/mol. The van der Waals surface area contributed by atoms with Crippen LogP contribution in [0.5, 0.6) is 0 Å². The first kappa shape index (κ1) is 12.5. The van der Waals surface area contributed by atoms with Gasteiger partial charge < -0.3 is 4.74 Å². The Morgan fingerprint density at radius 2 is 1.95 bits per heavy atom. The summed E-state index contributed by atoms with van der Waals surface area (Å²) in [5, 5.41) is 0. The highest BCUT2D eigenvalue weighted by Gasteiger charge is 2.21. The molecule has 0 fully saturated rings. The zero-order valence-corrected chi connectivity index (χ0v) is 11.3. The van der Waals surface area contributed by atoms with Gasteiger partial charge in [0.05, 0.1) is 0 Å². The second kappa shape index (κ2) is 5.63. The number of benzene rings is 2. The Balaban J connectivity index is 1.88. The van der Waals surface area contributed by atoms with E-state index in [4.69, 9.17) is 4.74 Å². The summed E-state index contributed by atoms with van der Waals surface area (Å²) in [4.78, 5) is 4.68. The molecule has 1 heterocycles. The zero-order chi connectivity index (χ0) is 13.8. The van der Waals surface area contributed by atoms with E-state index >= 15 is 0 Å². The summed E-state index contributed by atoms with van der Waals surface area (Å²) in [6.45, 7) is 2.44. The van der Waals surface area contributed by atoms with E-state index in [1.54, 1.807) is 0 Å². The third-order valence-electron chi connectivity index (χ3n) is 3.21. The van der Waals surface area contributed by atoms with Gasteiger partial charge in [-0.2, -0.15) is 0 Å². The largest absolute Gasteiger partial charge is 0.475 e. The van der Waals surface area contributed by atoms with Crippen molar-refractivity contribution in [3.05, 3.63) is 71.3 Å². The van der Waals surface area contributed by atoms with E-state index in [0.717, 1.165) is 11.1 Å². The highest BCUT2D eigenvalue weighted by Crippen LogP contribution is 2.25. The molecule has 1 aliphatic rings. The summed E-state index contributed by atoms with van der Waals surface area (Å²) in [7, 11) is 0. The van der Waals surface area contributed by atoms with Gasteiger partial charge in [-0.15, -0.1) is 5.92 Å². The van der Waals surface area contributed by atoms with Crippen LogP contribution in [0.3, 0.4) is 0 Å². The van der Waals surface area contributed by atoms with Crippen LogP contribution in [0.25, 0.3) is 0 Å². The Hall–Kier alpha value is -2.53. The van der Waals surface area contributed by atoms with Gasteiger partial charge in [0.2, 0.25) is 5.90 Å². The number of ether oxygens (including phenoxy) is 1. The lowest BCUT2D eigenvalue weighted by atomic mass is 10.1. The van der Waals surface area contributed by atoms with E-state index in [1.165, 1.54) is 5.56 Å². The van der Waals surface area contributed by atoms with Crippen molar-refractivity contribution in [2.24, 2.45) is 4.99 Å². The summed E-state index contributed by atoms with van der Waals surface area (Å²) >= 11 is 0. The molecule has 0 saturated carbocycles. The van der Waals surface area contributed by atoms with Crippen molar-refractivity contribution in [3.8, 4) is 11.8 Å². The van der Waals surface area contributed by atoms with Gasteiger partial charge in [0.1, 0.15) is 12.6 Å². The molecule has 0 unspecified atom stereocenters. The molecule has 2 aromatic rings. The van der Waals surface area contributed by atoms with Gasteiger partial charge in [-0.1, -0.05) is 42.3 Å². The molecule has 0 amide bonds. The third kappa shape index (κ3) is 2.57. The maximum Gasteiger partial charge on any atom is 0.216 e. The van der Waals surface area contributed by atoms with Crippen molar-refractivity contribution in [1.82, 2.24) is 0 Å². The van der Waals surface area contributed by atoms with E-state index in [0.29, 0.717) is 12.5 Å². The first-order chi connectivity index (χ1) is 9.86. The molecule has 20 heavy (non-hydrogen) atoms. The molecule has 0 aromatic heterocycles. The monoisotopic (exact) mass is 261 g/mol. The average molecular weight is 261 g/mol. The summed E-state index contributed by atoms with van der Waals surface area (Å²) in [6, 6.07) is 18.3. The lowest BCUT2D eigenvalue weighted by Crippen LogP contribution is -2.01.